The molecule has 5 rings (SSSR count). The molecule has 4 atom stereocenters. The monoisotopic (exact) mass is 489 g/mol. The van der Waals surface area contributed by atoms with Crippen molar-refractivity contribution < 1.29 is 14.3 Å². The van der Waals surface area contributed by atoms with Crippen molar-refractivity contribution in [3.63, 3.8) is 0 Å². The van der Waals surface area contributed by atoms with Crippen molar-refractivity contribution in [1.29, 1.82) is 0 Å². The summed E-state index contributed by atoms with van der Waals surface area (Å²) in [6.45, 7) is 3.78. The first kappa shape index (κ1) is 24.8. The first-order chi connectivity index (χ1) is 17.6. The summed E-state index contributed by atoms with van der Waals surface area (Å²) in [6.07, 6.45) is 6.98. The quantitative estimate of drug-likeness (QED) is 0.593. The highest BCUT2D eigenvalue weighted by molar-refractivity contribution is 5.94. The molecule has 3 aliphatic rings. The van der Waals surface area contributed by atoms with E-state index in [1.54, 1.807) is 7.11 Å². The Morgan fingerprint density at radius 2 is 1.75 bits per heavy atom. The fourth-order valence-corrected chi connectivity index (χ4v) is 6.85. The minimum absolute atomic E-state index is 0.0866. The molecule has 2 amide bonds. The van der Waals surface area contributed by atoms with Gasteiger partial charge in [0.1, 0.15) is 5.75 Å². The summed E-state index contributed by atoms with van der Waals surface area (Å²) in [5.74, 6) is 2.02. The number of nitrogens with zero attached hydrogens (tertiary/aromatic N) is 2. The predicted octanol–water partition coefficient (Wildman–Crippen LogP) is 4.50. The van der Waals surface area contributed by atoms with E-state index in [0.717, 1.165) is 36.3 Å². The van der Waals surface area contributed by atoms with Crippen LogP contribution in [0.15, 0.2) is 54.6 Å². The number of benzene rings is 2. The maximum Gasteiger partial charge on any atom is 0.254 e. The van der Waals surface area contributed by atoms with Gasteiger partial charge in [0.15, 0.2) is 0 Å². The molecule has 3 saturated heterocycles. The molecule has 0 saturated carbocycles. The second-order valence-electron chi connectivity index (χ2n) is 10.6. The number of piperidine rings is 3. The van der Waals surface area contributed by atoms with Crippen molar-refractivity contribution >= 4 is 11.8 Å². The van der Waals surface area contributed by atoms with Crippen LogP contribution in [0.2, 0.25) is 0 Å². The summed E-state index contributed by atoms with van der Waals surface area (Å²) < 4.78 is 5.30. The van der Waals surface area contributed by atoms with E-state index in [4.69, 9.17) is 4.74 Å². The third-order valence-electron chi connectivity index (χ3n) is 8.51. The molecule has 0 radical (unpaired) electrons. The topological polar surface area (TPSA) is 61.9 Å². The van der Waals surface area contributed by atoms with Crippen LogP contribution in [-0.2, 0) is 11.3 Å². The highest BCUT2D eigenvalue weighted by atomic mass is 16.5. The van der Waals surface area contributed by atoms with Gasteiger partial charge in [-0.05, 0) is 93.3 Å². The Morgan fingerprint density at radius 1 is 1.00 bits per heavy atom. The molecule has 0 unspecified atom stereocenters. The van der Waals surface area contributed by atoms with Crippen LogP contribution in [0.5, 0.6) is 5.75 Å². The van der Waals surface area contributed by atoms with Gasteiger partial charge in [-0.1, -0.05) is 30.3 Å². The Labute approximate surface area is 215 Å². The number of nitrogens with one attached hydrogen (secondary N) is 1. The van der Waals surface area contributed by atoms with Crippen LogP contribution in [0.25, 0.3) is 0 Å². The minimum Gasteiger partial charge on any atom is -0.497 e. The van der Waals surface area contributed by atoms with E-state index >= 15 is 0 Å². The van der Waals surface area contributed by atoms with Crippen LogP contribution in [0.4, 0.5) is 0 Å². The van der Waals surface area contributed by atoms with Gasteiger partial charge in [-0.15, -0.1) is 0 Å². The molecule has 2 aromatic rings. The fraction of sp³-hybridized carbons (Fsp3) is 0.533. The number of methoxy groups -OCH3 is 1. The standard InChI is InChI=1S/C30H39N3O3/c1-36-25-16-14-23(15-17-25)30(35)33-21-24-10-6-18-32-19-7-11-26(29(24)32)27(33)12-5-13-28(34)31-20-22-8-3-2-4-9-22/h2-4,8-9,14-17,24,26-27,29H,5-7,10-13,18-21H2,1H3,(H,31,34)/t24-,26+,27+,29-/m0/s1. The second-order valence-corrected chi connectivity index (χ2v) is 10.6. The lowest BCUT2D eigenvalue weighted by atomic mass is 9.69. The number of amides is 2. The summed E-state index contributed by atoms with van der Waals surface area (Å²) in [5, 5.41) is 3.06. The maximum absolute atomic E-state index is 13.8. The van der Waals surface area contributed by atoms with Crippen LogP contribution < -0.4 is 10.1 Å². The zero-order valence-corrected chi connectivity index (χ0v) is 21.4. The minimum atomic E-state index is 0.0866. The molecule has 0 aromatic heterocycles. The van der Waals surface area contributed by atoms with Crippen molar-refractivity contribution in [1.82, 2.24) is 15.1 Å². The molecule has 3 heterocycles. The van der Waals surface area contributed by atoms with Crippen LogP contribution in [0.3, 0.4) is 0 Å². The highest BCUT2D eigenvalue weighted by Crippen LogP contribution is 2.43. The van der Waals surface area contributed by atoms with Gasteiger partial charge in [0.2, 0.25) is 5.91 Å². The van der Waals surface area contributed by atoms with Crippen molar-refractivity contribution in [2.75, 3.05) is 26.7 Å². The third-order valence-corrected chi connectivity index (χ3v) is 8.51. The second kappa shape index (κ2) is 11.5. The molecule has 192 valence electrons. The largest absolute Gasteiger partial charge is 0.497 e. The Kier molecular flexibility index (Phi) is 7.90. The van der Waals surface area contributed by atoms with Crippen LogP contribution in [-0.4, -0.2) is 60.4 Å². The van der Waals surface area contributed by atoms with E-state index in [2.05, 4.69) is 15.1 Å². The predicted molar refractivity (Wildman–Crippen MR) is 141 cm³/mol. The van der Waals surface area contributed by atoms with Gasteiger partial charge in [-0.3, -0.25) is 14.5 Å². The number of carbonyl (C=O) groups is 2. The summed E-state index contributed by atoms with van der Waals surface area (Å²) in [6, 6.07) is 18.3. The van der Waals surface area contributed by atoms with Crippen molar-refractivity contribution in [3.05, 3.63) is 65.7 Å². The number of rotatable bonds is 8. The summed E-state index contributed by atoms with van der Waals surface area (Å²) in [5.41, 5.74) is 1.84. The highest BCUT2D eigenvalue weighted by Gasteiger charge is 2.49. The Balaban J connectivity index is 1.27. The van der Waals surface area contributed by atoms with Gasteiger partial charge < -0.3 is 15.0 Å². The molecule has 2 aromatic carbocycles. The zero-order chi connectivity index (χ0) is 24.9. The SMILES string of the molecule is COc1ccc(C(=O)N2C[C@@H]3CCCN4CCC[C@@H]([C@H]34)[C@H]2CCCC(=O)NCc2ccccc2)cc1. The number of carbonyl (C=O) groups excluding carboxylic acids is 2. The van der Waals surface area contributed by atoms with Gasteiger partial charge >= 0.3 is 0 Å². The fourth-order valence-electron chi connectivity index (χ4n) is 6.85. The maximum atomic E-state index is 13.8. The summed E-state index contributed by atoms with van der Waals surface area (Å²) in [4.78, 5) is 31.3. The molecule has 1 N–H and O–H groups in total. The van der Waals surface area contributed by atoms with Crippen molar-refractivity contribution in [2.24, 2.45) is 11.8 Å². The number of ether oxygens (including phenoxy) is 1. The van der Waals surface area contributed by atoms with Crippen LogP contribution in [0, 0.1) is 11.8 Å². The average molecular weight is 490 g/mol. The van der Waals surface area contributed by atoms with Crippen LogP contribution >= 0.6 is 0 Å². The zero-order valence-electron chi connectivity index (χ0n) is 21.4. The van der Waals surface area contributed by atoms with Gasteiger partial charge in [0.25, 0.3) is 5.91 Å². The summed E-state index contributed by atoms with van der Waals surface area (Å²) in [7, 11) is 1.64. The van der Waals surface area contributed by atoms with E-state index in [1.165, 1.54) is 38.8 Å². The molecular weight excluding hydrogens is 450 g/mol. The number of likely N-dealkylation sites (tertiary alicyclic amines) is 1. The molecule has 3 fully saturated rings. The van der Waals surface area contributed by atoms with E-state index in [1.807, 2.05) is 54.6 Å². The lowest BCUT2D eigenvalue weighted by molar-refractivity contribution is -0.121. The summed E-state index contributed by atoms with van der Waals surface area (Å²) >= 11 is 0. The smallest absolute Gasteiger partial charge is 0.254 e. The van der Waals surface area contributed by atoms with E-state index in [0.29, 0.717) is 30.8 Å². The number of hydrogen-bond acceptors (Lipinski definition) is 4. The van der Waals surface area contributed by atoms with Crippen LogP contribution in [0.1, 0.15) is 60.9 Å². The lowest BCUT2D eigenvalue weighted by Crippen LogP contribution is -2.65. The lowest BCUT2D eigenvalue weighted by Gasteiger charge is -2.57. The number of hydrogen-bond donors (Lipinski definition) is 1. The molecule has 0 aliphatic carbocycles. The molecule has 0 bridgehead atoms. The van der Waals surface area contributed by atoms with E-state index in [-0.39, 0.29) is 17.9 Å². The van der Waals surface area contributed by atoms with E-state index < -0.39 is 0 Å². The third kappa shape index (κ3) is 5.44. The van der Waals surface area contributed by atoms with Gasteiger partial charge in [0, 0.05) is 37.2 Å². The molecule has 3 aliphatic heterocycles. The van der Waals surface area contributed by atoms with E-state index in [9.17, 15) is 9.59 Å². The van der Waals surface area contributed by atoms with Crippen molar-refractivity contribution in [3.8, 4) is 5.75 Å². The molecule has 6 nitrogen and oxygen atoms in total. The van der Waals surface area contributed by atoms with Gasteiger partial charge in [-0.25, -0.2) is 0 Å². The van der Waals surface area contributed by atoms with Gasteiger partial charge in [-0.2, -0.15) is 0 Å². The molecule has 36 heavy (non-hydrogen) atoms. The average Bonchev–Trinajstić information content (AvgIpc) is 2.93. The first-order valence-corrected chi connectivity index (χ1v) is 13.6. The Bertz CT molecular complexity index is 1020. The first-order valence-electron chi connectivity index (χ1n) is 13.6. The molecule has 0 spiro atoms. The molecule has 6 heteroatoms. The normalized spacial score (nSPS) is 25.6. The Morgan fingerprint density at radius 3 is 2.50 bits per heavy atom. The van der Waals surface area contributed by atoms with Gasteiger partial charge in [0.05, 0.1) is 7.11 Å². The molecular formula is C30H39N3O3. The van der Waals surface area contributed by atoms with Crippen molar-refractivity contribution in [2.45, 2.75) is 63.6 Å². The Hall–Kier alpha value is -2.86.